The maximum atomic E-state index is 8.82. The summed E-state index contributed by atoms with van der Waals surface area (Å²) in [5.74, 6) is 0. The molecule has 90 valence electrons. The van der Waals surface area contributed by atoms with E-state index >= 15 is 0 Å². The normalized spacial score (nSPS) is 23.5. The van der Waals surface area contributed by atoms with Crippen LogP contribution >= 0.6 is 0 Å². The zero-order valence-electron chi connectivity index (χ0n) is 10.4. The molecule has 0 fully saturated rings. The highest BCUT2D eigenvalue weighted by molar-refractivity contribution is 5.34. The van der Waals surface area contributed by atoms with Crippen LogP contribution in [0, 0.1) is 11.3 Å². The van der Waals surface area contributed by atoms with Gasteiger partial charge in [0.05, 0.1) is 11.7 Å². The number of rotatable bonds is 3. The third-order valence-electron chi connectivity index (χ3n) is 3.82. The maximum Gasteiger partial charge on any atom is 0.0940 e. The zero-order valence-corrected chi connectivity index (χ0v) is 10.4. The molecule has 17 heavy (non-hydrogen) atoms. The quantitative estimate of drug-likeness (QED) is 0.742. The van der Waals surface area contributed by atoms with E-state index in [9.17, 15) is 0 Å². The Morgan fingerprint density at radius 3 is 2.94 bits per heavy atom. The molecular formula is C15H19NO. The number of benzene rings is 1. The molecule has 0 aromatic heterocycles. The van der Waals surface area contributed by atoms with Gasteiger partial charge in [0.2, 0.25) is 0 Å². The first-order chi connectivity index (χ1) is 8.32. The van der Waals surface area contributed by atoms with Gasteiger partial charge < -0.3 is 4.74 Å². The Kier molecular flexibility index (Phi) is 3.81. The molecule has 2 rings (SSSR count). The minimum Gasteiger partial charge on any atom is -0.373 e. The first-order valence-electron chi connectivity index (χ1n) is 6.33. The summed E-state index contributed by atoms with van der Waals surface area (Å²) in [6.07, 6.45) is 5.91. The minimum absolute atomic E-state index is 0.233. The van der Waals surface area contributed by atoms with E-state index in [1.54, 1.807) is 7.11 Å². The van der Waals surface area contributed by atoms with Crippen molar-refractivity contribution >= 4 is 0 Å². The van der Waals surface area contributed by atoms with E-state index in [1.165, 1.54) is 24.0 Å². The fraction of sp³-hybridized carbons (Fsp3) is 0.533. The Hall–Kier alpha value is -1.33. The molecule has 1 aromatic rings. The van der Waals surface area contributed by atoms with Gasteiger partial charge in [-0.3, -0.25) is 0 Å². The summed E-state index contributed by atoms with van der Waals surface area (Å²) in [4.78, 5) is 0. The summed E-state index contributed by atoms with van der Waals surface area (Å²) in [7, 11) is 1.78. The predicted octanol–water partition coefficient (Wildman–Crippen LogP) is 3.56. The fourth-order valence-corrected chi connectivity index (χ4v) is 2.88. The fourth-order valence-electron chi connectivity index (χ4n) is 2.88. The first kappa shape index (κ1) is 12.1. The lowest BCUT2D eigenvalue weighted by molar-refractivity contribution is -0.0288. The van der Waals surface area contributed by atoms with Gasteiger partial charge >= 0.3 is 0 Å². The molecule has 0 saturated carbocycles. The molecule has 1 unspecified atom stereocenters. The first-order valence-corrected chi connectivity index (χ1v) is 6.33. The van der Waals surface area contributed by atoms with Gasteiger partial charge in [0.15, 0.2) is 0 Å². The van der Waals surface area contributed by atoms with Crippen molar-refractivity contribution in [3.05, 3.63) is 35.4 Å². The van der Waals surface area contributed by atoms with Crippen LogP contribution in [-0.4, -0.2) is 7.11 Å². The van der Waals surface area contributed by atoms with E-state index < -0.39 is 0 Å². The van der Waals surface area contributed by atoms with E-state index in [-0.39, 0.29) is 5.60 Å². The molecule has 0 spiro atoms. The van der Waals surface area contributed by atoms with E-state index in [4.69, 9.17) is 10.00 Å². The van der Waals surface area contributed by atoms with Crippen LogP contribution in [0.5, 0.6) is 0 Å². The lowest BCUT2D eigenvalue weighted by Crippen LogP contribution is -2.28. The lowest BCUT2D eigenvalue weighted by Gasteiger charge is -2.32. The maximum absolute atomic E-state index is 8.82. The SMILES string of the molecule is COC1(CCC#N)CCCCc2ccccc21. The highest BCUT2D eigenvalue weighted by atomic mass is 16.5. The highest BCUT2D eigenvalue weighted by Crippen LogP contribution is 2.40. The molecule has 1 atom stereocenters. The minimum atomic E-state index is -0.233. The summed E-state index contributed by atoms with van der Waals surface area (Å²) in [6.45, 7) is 0. The number of nitrogens with zero attached hydrogens (tertiary/aromatic N) is 1. The Labute approximate surface area is 103 Å². The topological polar surface area (TPSA) is 33.0 Å². The Morgan fingerprint density at radius 1 is 1.35 bits per heavy atom. The van der Waals surface area contributed by atoms with Gasteiger partial charge in [0.1, 0.15) is 0 Å². The van der Waals surface area contributed by atoms with Crippen LogP contribution in [0.25, 0.3) is 0 Å². The summed E-state index contributed by atoms with van der Waals surface area (Å²) in [6, 6.07) is 10.8. The van der Waals surface area contributed by atoms with E-state index in [0.717, 1.165) is 19.3 Å². The smallest absolute Gasteiger partial charge is 0.0940 e. The number of aryl methyl sites for hydroxylation is 1. The molecular weight excluding hydrogens is 210 g/mol. The van der Waals surface area contributed by atoms with Gasteiger partial charge in [-0.2, -0.15) is 5.26 Å². The number of hydrogen-bond acceptors (Lipinski definition) is 2. The number of ether oxygens (including phenoxy) is 1. The molecule has 0 aliphatic heterocycles. The molecule has 2 heteroatoms. The third kappa shape index (κ3) is 2.35. The van der Waals surface area contributed by atoms with Gasteiger partial charge in [-0.1, -0.05) is 24.3 Å². The second-order valence-corrected chi connectivity index (χ2v) is 4.72. The Morgan fingerprint density at radius 2 is 2.18 bits per heavy atom. The standard InChI is InChI=1S/C15H19NO/c1-17-15(11-6-12-16)10-5-4-8-13-7-2-3-9-14(13)15/h2-3,7,9H,4-6,8,10-11H2,1H3. The van der Waals surface area contributed by atoms with Crippen LogP contribution in [0.4, 0.5) is 0 Å². The van der Waals surface area contributed by atoms with E-state index in [2.05, 4.69) is 30.3 Å². The highest BCUT2D eigenvalue weighted by Gasteiger charge is 2.34. The van der Waals surface area contributed by atoms with Crippen molar-refractivity contribution in [3.63, 3.8) is 0 Å². The molecule has 1 aliphatic carbocycles. The van der Waals surface area contributed by atoms with Gasteiger partial charge in [-0.15, -0.1) is 0 Å². The molecule has 0 bridgehead atoms. The number of nitriles is 1. The van der Waals surface area contributed by atoms with Crippen LogP contribution in [-0.2, 0) is 16.8 Å². The number of fused-ring (bicyclic) bond motifs is 1. The van der Waals surface area contributed by atoms with Crippen molar-refractivity contribution in [1.29, 1.82) is 5.26 Å². The lowest BCUT2D eigenvalue weighted by atomic mass is 9.84. The molecule has 0 heterocycles. The molecule has 0 amide bonds. The average molecular weight is 229 g/mol. The second-order valence-electron chi connectivity index (χ2n) is 4.72. The van der Waals surface area contributed by atoms with E-state index in [0.29, 0.717) is 6.42 Å². The van der Waals surface area contributed by atoms with Gasteiger partial charge in [-0.05, 0) is 43.2 Å². The average Bonchev–Trinajstić information content (AvgIpc) is 2.57. The summed E-state index contributed by atoms with van der Waals surface area (Å²) in [5, 5.41) is 8.82. The van der Waals surface area contributed by atoms with Gasteiger partial charge in [0, 0.05) is 13.5 Å². The summed E-state index contributed by atoms with van der Waals surface area (Å²) < 4.78 is 5.84. The van der Waals surface area contributed by atoms with Crippen LogP contribution in [0.3, 0.4) is 0 Å². The van der Waals surface area contributed by atoms with Crippen molar-refractivity contribution < 1.29 is 4.74 Å². The zero-order chi connectivity index (χ0) is 12.1. The predicted molar refractivity (Wildman–Crippen MR) is 67.5 cm³/mol. The van der Waals surface area contributed by atoms with Crippen molar-refractivity contribution in [2.24, 2.45) is 0 Å². The van der Waals surface area contributed by atoms with Gasteiger partial charge in [0.25, 0.3) is 0 Å². The largest absolute Gasteiger partial charge is 0.373 e. The van der Waals surface area contributed by atoms with Gasteiger partial charge in [-0.25, -0.2) is 0 Å². The third-order valence-corrected chi connectivity index (χ3v) is 3.82. The molecule has 0 N–H and O–H groups in total. The number of hydrogen-bond donors (Lipinski definition) is 0. The van der Waals surface area contributed by atoms with Crippen molar-refractivity contribution in [3.8, 4) is 6.07 Å². The van der Waals surface area contributed by atoms with E-state index in [1.807, 2.05) is 0 Å². The monoisotopic (exact) mass is 229 g/mol. The van der Waals surface area contributed by atoms with Crippen LogP contribution in [0.15, 0.2) is 24.3 Å². The molecule has 1 aliphatic rings. The molecule has 2 nitrogen and oxygen atoms in total. The van der Waals surface area contributed by atoms with Crippen molar-refractivity contribution in [2.75, 3.05) is 7.11 Å². The van der Waals surface area contributed by atoms with Crippen LogP contribution in [0.2, 0.25) is 0 Å². The Balaban J connectivity index is 2.40. The van der Waals surface area contributed by atoms with Crippen molar-refractivity contribution in [1.82, 2.24) is 0 Å². The molecule has 1 aromatic carbocycles. The van der Waals surface area contributed by atoms with Crippen LogP contribution < -0.4 is 0 Å². The molecule has 0 saturated heterocycles. The number of methoxy groups -OCH3 is 1. The Bertz CT molecular complexity index is 421. The molecule has 0 radical (unpaired) electrons. The van der Waals surface area contributed by atoms with Crippen molar-refractivity contribution in [2.45, 2.75) is 44.1 Å². The summed E-state index contributed by atoms with van der Waals surface area (Å²) in [5.41, 5.74) is 2.46. The second kappa shape index (κ2) is 5.33. The van der Waals surface area contributed by atoms with Crippen LogP contribution in [0.1, 0.15) is 43.2 Å². The summed E-state index contributed by atoms with van der Waals surface area (Å²) >= 11 is 0.